The van der Waals surface area contributed by atoms with E-state index in [0.29, 0.717) is 11.6 Å². The van der Waals surface area contributed by atoms with Crippen LogP contribution in [0.3, 0.4) is 0 Å². The van der Waals surface area contributed by atoms with E-state index >= 15 is 0 Å². The number of rotatable bonds is 5. The monoisotopic (exact) mass is 311 g/mol. The molecule has 1 aromatic carbocycles. The Labute approximate surface area is 131 Å². The van der Waals surface area contributed by atoms with E-state index in [-0.39, 0.29) is 18.2 Å². The largest absolute Gasteiger partial charge is 0.497 e. The van der Waals surface area contributed by atoms with Crippen LogP contribution in [0.25, 0.3) is 11.4 Å². The fourth-order valence-electron chi connectivity index (χ4n) is 1.88. The van der Waals surface area contributed by atoms with Crippen molar-refractivity contribution in [3.8, 4) is 17.1 Å². The molecular weight excluding hydrogens is 298 g/mol. The molecule has 0 aliphatic carbocycles. The maximum absolute atomic E-state index is 11.8. The quantitative estimate of drug-likeness (QED) is 0.669. The lowest BCUT2D eigenvalue weighted by atomic mass is 10.2. The van der Waals surface area contributed by atoms with Gasteiger partial charge in [0.05, 0.1) is 7.11 Å². The molecule has 0 saturated carbocycles. The average Bonchev–Trinajstić information content (AvgIpc) is 3.09. The third-order valence-corrected chi connectivity index (χ3v) is 3.00. The Morgan fingerprint density at radius 1 is 1.22 bits per heavy atom. The van der Waals surface area contributed by atoms with Crippen molar-refractivity contribution >= 4 is 5.97 Å². The summed E-state index contributed by atoms with van der Waals surface area (Å²) in [4.78, 5) is 19.9. The second-order valence-electron chi connectivity index (χ2n) is 4.53. The van der Waals surface area contributed by atoms with E-state index in [0.717, 1.165) is 5.56 Å². The van der Waals surface area contributed by atoms with Gasteiger partial charge in [0.25, 0.3) is 5.89 Å². The van der Waals surface area contributed by atoms with Gasteiger partial charge >= 0.3 is 5.97 Å². The highest BCUT2D eigenvalue weighted by Gasteiger charge is 2.13. The molecule has 0 unspecified atom stereocenters. The van der Waals surface area contributed by atoms with Gasteiger partial charge in [-0.05, 0) is 24.3 Å². The van der Waals surface area contributed by atoms with Gasteiger partial charge in [-0.1, -0.05) is 23.4 Å². The van der Waals surface area contributed by atoms with E-state index in [4.69, 9.17) is 14.0 Å². The van der Waals surface area contributed by atoms with Gasteiger partial charge in [0, 0.05) is 11.8 Å². The van der Waals surface area contributed by atoms with Crippen LogP contribution >= 0.6 is 0 Å². The van der Waals surface area contributed by atoms with Gasteiger partial charge in [-0.15, -0.1) is 0 Å². The summed E-state index contributed by atoms with van der Waals surface area (Å²) in [6.07, 6.45) is 1.52. The van der Waals surface area contributed by atoms with Crippen LogP contribution in [0.1, 0.15) is 16.4 Å². The zero-order valence-electron chi connectivity index (χ0n) is 12.3. The van der Waals surface area contributed by atoms with Crippen LogP contribution in [-0.2, 0) is 11.3 Å². The minimum absolute atomic E-state index is 0.119. The number of aromatic nitrogens is 3. The lowest BCUT2D eigenvalue weighted by Gasteiger charge is -2.00. The summed E-state index contributed by atoms with van der Waals surface area (Å²) in [5.74, 6) is 0.738. The number of ether oxygens (including phenoxy) is 2. The summed E-state index contributed by atoms with van der Waals surface area (Å²) in [6, 6.07) is 12.3. The lowest BCUT2D eigenvalue weighted by molar-refractivity contribution is 0.0423. The van der Waals surface area contributed by atoms with E-state index in [1.165, 1.54) is 6.20 Å². The molecule has 0 radical (unpaired) electrons. The van der Waals surface area contributed by atoms with Gasteiger partial charge in [-0.2, -0.15) is 4.98 Å². The van der Waals surface area contributed by atoms with Gasteiger partial charge in [-0.25, -0.2) is 9.78 Å². The highest BCUT2D eigenvalue weighted by atomic mass is 16.6. The van der Waals surface area contributed by atoms with E-state index in [9.17, 15) is 4.79 Å². The Hall–Kier alpha value is -3.22. The number of benzene rings is 1. The van der Waals surface area contributed by atoms with Crippen LogP contribution in [0.2, 0.25) is 0 Å². The minimum atomic E-state index is -0.549. The SMILES string of the molecule is COc1cccc(-c2noc(COC(=O)c3ccccn3)n2)c1. The maximum atomic E-state index is 11.8. The number of carbonyl (C=O) groups is 1. The highest BCUT2D eigenvalue weighted by molar-refractivity contribution is 5.86. The predicted octanol–water partition coefficient (Wildman–Crippen LogP) is 2.50. The summed E-state index contributed by atoms with van der Waals surface area (Å²) >= 11 is 0. The molecule has 7 heteroatoms. The van der Waals surface area contributed by atoms with E-state index in [1.807, 2.05) is 18.2 Å². The van der Waals surface area contributed by atoms with E-state index < -0.39 is 5.97 Å². The molecule has 116 valence electrons. The van der Waals surface area contributed by atoms with Crippen LogP contribution in [0.4, 0.5) is 0 Å². The van der Waals surface area contributed by atoms with Crippen LogP contribution in [0.5, 0.6) is 5.75 Å². The molecule has 2 heterocycles. The topological polar surface area (TPSA) is 87.3 Å². The number of hydrogen-bond acceptors (Lipinski definition) is 7. The van der Waals surface area contributed by atoms with Gasteiger partial charge in [0.2, 0.25) is 5.82 Å². The molecule has 0 aliphatic heterocycles. The van der Waals surface area contributed by atoms with Crippen LogP contribution in [0, 0.1) is 0 Å². The third-order valence-electron chi connectivity index (χ3n) is 3.00. The molecule has 0 fully saturated rings. The van der Waals surface area contributed by atoms with Crippen molar-refractivity contribution in [3.63, 3.8) is 0 Å². The summed E-state index contributed by atoms with van der Waals surface area (Å²) in [5, 5.41) is 3.86. The highest BCUT2D eigenvalue weighted by Crippen LogP contribution is 2.21. The normalized spacial score (nSPS) is 10.3. The number of pyridine rings is 1. The van der Waals surface area contributed by atoms with Gasteiger partial charge in [-0.3, -0.25) is 0 Å². The van der Waals surface area contributed by atoms with Gasteiger partial charge in [0.1, 0.15) is 11.4 Å². The molecule has 2 aromatic heterocycles. The Morgan fingerprint density at radius 2 is 2.13 bits per heavy atom. The Kier molecular flexibility index (Phi) is 4.28. The molecule has 0 bridgehead atoms. The average molecular weight is 311 g/mol. The second-order valence-corrected chi connectivity index (χ2v) is 4.53. The third kappa shape index (κ3) is 3.52. The molecule has 3 aromatic rings. The Balaban J connectivity index is 1.66. The summed E-state index contributed by atoms with van der Waals surface area (Å²) in [7, 11) is 1.58. The Morgan fingerprint density at radius 3 is 2.91 bits per heavy atom. The fourth-order valence-corrected chi connectivity index (χ4v) is 1.88. The molecule has 23 heavy (non-hydrogen) atoms. The first-order valence-corrected chi connectivity index (χ1v) is 6.81. The predicted molar refractivity (Wildman–Crippen MR) is 79.6 cm³/mol. The van der Waals surface area contributed by atoms with Crippen molar-refractivity contribution in [1.82, 2.24) is 15.1 Å². The first kappa shape index (κ1) is 14.7. The van der Waals surface area contributed by atoms with Crippen molar-refractivity contribution in [1.29, 1.82) is 0 Å². The molecule has 0 aliphatic rings. The number of methoxy groups -OCH3 is 1. The van der Waals surface area contributed by atoms with Crippen LogP contribution in [0.15, 0.2) is 53.2 Å². The second kappa shape index (κ2) is 6.69. The fraction of sp³-hybridized carbons (Fsp3) is 0.125. The summed E-state index contributed by atoms with van der Waals surface area (Å²) in [6.45, 7) is -0.119. The zero-order valence-corrected chi connectivity index (χ0v) is 12.3. The standard InChI is InChI=1S/C16H13N3O4/c1-21-12-6-4-5-11(9-12)15-18-14(23-19-15)10-22-16(20)13-7-2-3-8-17-13/h2-9H,10H2,1H3. The molecule has 0 atom stereocenters. The molecule has 3 rings (SSSR count). The van der Waals surface area contributed by atoms with Crippen molar-refractivity contribution in [3.05, 3.63) is 60.2 Å². The number of esters is 1. The number of carbonyl (C=O) groups excluding carboxylic acids is 1. The summed E-state index contributed by atoms with van der Waals surface area (Å²) in [5.41, 5.74) is 0.968. The summed E-state index contributed by atoms with van der Waals surface area (Å²) < 4.78 is 15.3. The zero-order chi connectivity index (χ0) is 16.1. The smallest absolute Gasteiger partial charge is 0.357 e. The Bertz CT molecular complexity index is 802. The molecule has 0 N–H and O–H groups in total. The van der Waals surface area contributed by atoms with E-state index in [2.05, 4.69) is 15.1 Å². The lowest BCUT2D eigenvalue weighted by Crippen LogP contribution is -2.07. The van der Waals surface area contributed by atoms with Crippen molar-refractivity contribution in [2.75, 3.05) is 7.11 Å². The van der Waals surface area contributed by atoms with Crippen LogP contribution < -0.4 is 4.74 Å². The molecule has 7 nitrogen and oxygen atoms in total. The molecular formula is C16H13N3O4. The van der Waals surface area contributed by atoms with Gasteiger partial charge in [0.15, 0.2) is 6.61 Å². The first-order valence-electron chi connectivity index (χ1n) is 6.81. The van der Waals surface area contributed by atoms with E-state index in [1.54, 1.807) is 31.4 Å². The molecule has 0 spiro atoms. The molecule has 0 amide bonds. The minimum Gasteiger partial charge on any atom is -0.497 e. The number of nitrogens with zero attached hydrogens (tertiary/aromatic N) is 3. The number of hydrogen-bond donors (Lipinski definition) is 0. The van der Waals surface area contributed by atoms with Crippen molar-refractivity contribution < 1.29 is 18.8 Å². The van der Waals surface area contributed by atoms with Crippen LogP contribution in [-0.4, -0.2) is 28.2 Å². The van der Waals surface area contributed by atoms with Crippen molar-refractivity contribution in [2.45, 2.75) is 6.61 Å². The molecule has 0 saturated heterocycles. The maximum Gasteiger partial charge on any atom is 0.357 e. The van der Waals surface area contributed by atoms with Crippen molar-refractivity contribution in [2.24, 2.45) is 0 Å². The van der Waals surface area contributed by atoms with Gasteiger partial charge < -0.3 is 14.0 Å². The first-order chi connectivity index (χ1) is 11.3.